The number of halogens is 2. The van der Waals surface area contributed by atoms with E-state index in [1.165, 1.54) is 18.3 Å². The molecule has 3 aromatic carbocycles. The molecule has 4 N–H and O–H groups in total. The molecule has 2 radical (unpaired) electrons. The van der Waals surface area contributed by atoms with Gasteiger partial charge in [-0.1, -0.05) is 41.9 Å². The Morgan fingerprint density at radius 3 is 2.63 bits per heavy atom. The van der Waals surface area contributed by atoms with Gasteiger partial charge in [0.05, 0.1) is 38.6 Å². The van der Waals surface area contributed by atoms with E-state index in [0.717, 1.165) is 18.5 Å². The fraction of sp³-hybridized carbons (Fsp3) is 0.200. The molecular weight excluding hydrogens is 538 g/mol. The summed E-state index contributed by atoms with van der Waals surface area (Å²) in [7, 11) is 7.09. The monoisotopic (exact) mass is 564 g/mol. The average Bonchev–Trinajstić information content (AvgIpc) is 3.72. The molecule has 2 heterocycles. The van der Waals surface area contributed by atoms with Gasteiger partial charge in [0, 0.05) is 36.1 Å². The van der Waals surface area contributed by atoms with Gasteiger partial charge < -0.3 is 10.7 Å². The third kappa shape index (κ3) is 5.22. The molecule has 1 aromatic heterocycles. The predicted molar refractivity (Wildman–Crippen MR) is 161 cm³/mol. The summed E-state index contributed by atoms with van der Waals surface area (Å²) >= 11 is 6.78. The predicted octanol–water partition coefficient (Wildman–Crippen LogP) is 5.51. The van der Waals surface area contributed by atoms with Crippen LogP contribution in [-0.4, -0.2) is 30.4 Å². The fourth-order valence-electron chi connectivity index (χ4n) is 4.92. The molecule has 0 amide bonds. The van der Waals surface area contributed by atoms with Crippen molar-refractivity contribution in [1.82, 2.24) is 21.0 Å². The summed E-state index contributed by atoms with van der Waals surface area (Å²) in [6.07, 6.45) is 5.61. The summed E-state index contributed by atoms with van der Waals surface area (Å²) in [6.45, 7) is 2.65. The molecule has 2 aliphatic rings. The molecule has 0 bridgehead atoms. The SMILES string of the molecule is [B]C(Nc1cc(Cl)c2ncc(C#N)c(NN(CC)c3ccccc3)c2c1)(C1=CN(C2CC2)NN1)c1ccc(F)cc1. The van der Waals surface area contributed by atoms with Crippen molar-refractivity contribution >= 4 is 47.4 Å². The summed E-state index contributed by atoms with van der Waals surface area (Å²) in [6, 6.07) is 22.1. The van der Waals surface area contributed by atoms with Crippen LogP contribution in [-0.2, 0) is 5.44 Å². The van der Waals surface area contributed by atoms with Crippen molar-refractivity contribution in [2.75, 3.05) is 22.3 Å². The first-order valence-corrected chi connectivity index (χ1v) is 13.7. The lowest BCUT2D eigenvalue weighted by Gasteiger charge is -2.34. The Hall–Kier alpha value is -4.46. The maximum atomic E-state index is 13.9. The van der Waals surface area contributed by atoms with Gasteiger partial charge in [-0.2, -0.15) is 5.26 Å². The number of hydrazine groups is 3. The first-order valence-electron chi connectivity index (χ1n) is 13.4. The van der Waals surface area contributed by atoms with Gasteiger partial charge in [0.2, 0.25) is 0 Å². The Morgan fingerprint density at radius 2 is 1.95 bits per heavy atom. The van der Waals surface area contributed by atoms with Crippen LogP contribution in [0.3, 0.4) is 0 Å². The van der Waals surface area contributed by atoms with Gasteiger partial charge in [-0.15, -0.1) is 5.53 Å². The van der Waals surface area contributed by atoms with Crippen molar-refractivity contribution in [3.8, 4) is 6.07 Å². The normalized spacial score (nSPS) is 16.0. The Balaban J connectivity index is 1.44. The second-order valence-electron chi connectivity index (χ2n) is 10.1. The van der Waals surface area contributed by atoms with Crippen molar-refractivity contribution < 1.29 is 4.39 Å². The third-order valence-electron chi connectivity index (χ3n) is 7.27. The highest BCUT2D eigenvalue weighted by Gasteiger charge is 2.37. The van der Waals surface area contributed by atoms with Crippen molar-refractivity contribution in [1.29, 1.82) is 5.26 Å². The van der Waals surface area contributed by atoms with Crippen molar-refractivity contribution in [3.05, 3.63) is 107 Å². The smallest absolute Gasteiger partial charge is 0.123 e. The van der Waals surface area contributed by atoms with E-state index < -0.39 is 5.44 Å². The van der Waals surface area contributed by atoms with E-state index in [1.54, 1.807) is 18.2 Å². The van der Waals surface area contributed by atoms with E-state index in [-0.39, 0.29) is 5.82 Å². The minimum absolute atomic E-state index is 0.360. The number of para-hydroxylation sites is 1. The highest BCUT2D eigenvalue weighted by atomic mass is 35.5. The minimum atomic E-state index is -1.28. The molecule has 204 valence electrons. The van der Waals surface area contributed by atoms with Crippen molar-refractivity contribution in [2.24, 2.45) is 0 Å². The van der Waals surface area contributed by atoms with Gasteiger partial charge in [-0.05, 0) is 61.7 Å². The molecular formula is C30H27BClFN8. The van der Waals surface area contributed by atoms with Gasteiger partial charge in [0.1, 0.15) is 19.7 Å². The van der Waals surface area contributed by atoms with E-state index in [9.17, 15) is 9.65 Å². The average molecular weight is 565 g/mol. The van der Waals surface area contributed by atoms with Crippen LogP contribution >= 0.6 is 11.6 Å². The summed E-state index contributed by atoms with van der Waals surface area (Å²) in [5.74, 6) is -0.360. The summed E-state index contributed by atoms with van der Waals surface area (Å²) in [4.78, 5) is 4.48. The van der Waals surface area contributed by atoms with Crippen LogP contribution in [0.15, 0.2) is 84.8 Å². The topological polar surface area (TPSA) is 91.3 Å². The van der Waals surface area contributed by atoms with Crippen LogP contribution in [0.5, 0.6) is 0 Å². The fourth-order valence-corrected chi connectivity index (χ4v) is 5.19. The van der Waals surface area contributed by atoms with E-state index in [1.807, 2.05) is 59.5 Å². The Bertz CT molecular complexity index is 1660. The maximum Gasteiger partial charge on any atom is 0.123 e. The molecule has 0 spiro atoms. The molecule has 1 aliphatic carbocycles. The lowest BCUT2D eigenvalue weighted by molar-refractivity contribution is 0.260. The number of fused-ring (bicyclic) bond motifs is 1. The highest BCUT2D eigenvalue weighted by Crippen LogP contribution is 2.38. The number of hydrogen-bond acceptors (Lipinski definition) is 8. The molecule has 8 nitrogen and oxygen atoms in total. The Kier molecular flexibility index (Phi) is 7.07. The molecule has 0 saturated heterocycles. The third-order valence-corrected chi connectivity index (χ3v) is 7.56. The van der Waals surface area contributed by atoms with Crippen LogP contribution in [0.1, 0.15) is 30.9 Å². The van der Waals surface area contributed by atoms with Gasteiger partial charge in [0.25, 0.3) is 0 Å². The largest absolute Gasteiger partial charge is 0.378 e. The summed E-state index contributed by atoms with van der Waals surface area (Å²) < 4.78 is 13.9. The second-order valence-corrected chi connectivity index (χ2v) is 10.5. The number of anilines is 3. The van der Waals surface area contributed by atoms with Gasteiger partial charge in [0.15, 0.2) is 0 Å². The lowest BCUT2D eigenvalue weighted by Crippen LogP contribution is -2.45. The number of nitrogens with one attached hydrogen (secondary N) is 4. The van der Waals surface area contributed by atoms with Crippen LogP contribution in [0.25, 0.3) is 10.9 Å². The Morgan fingerprint density at radius 1 is 1.20 bits per heavy atom. The zero-order valence-corrected chi connectivity index (χ0v) is 23.1. The van der Waals surface area contributed by atoms with Crippen LogP contribution in [0, 0.1) is 17.1 Å². The standard InChI is InChI=1S/C30H27BClFN8/c1-2-40(23-6-4-3-5-7-23)38-28-19(16-34)17-35-29-25(28)14-22(15-26(29)32)36-30(31,20-8-10-21(33)11-9-20)27-18-41(39-37-27)24-12-13-24/h3-11,14-15,17-18,24,36-37,39H,2,12-13H2,1H3,(H,35,38). The number of nitriles is 1. The van der Waals surface area contributed by atoms with Crippen LogP contribution in [0.4, 0.5) is 21.5 Å². The number of pyridine rings is 1. The van der Waals surface area contributed by atoms with Crippen LogP contribution < -0.4 is 26.7 Å². The van der Waals surface area contributed by atoms with Gasteiger partial charge in [-0.3, -0.25) is 20.4 Å². The molecule has 41 heavy (non-hydrogen) atoms. The molecule has 11 heteroatoms. The lowest BCUT2D eigenvalue weighted by atomic mass is 9.69. The number of hydrogen-bond donors (Lipinski definition) is 4. The van der Waals surface area contributed by atoms with E-state index in [0.29, 0.717) is 56.7 Å². The molecule has 1 unspecified atom stereocenters. The van der Waals surface area contributed by atoms with E-state index in [2.05, 4.69) is 32.8 Å². The molecule has 1 atom stereocenters. The number of rotatable bonds is 9. The van der Waals surface area contributed by atoms with E-state index in [4.69, 9.17) is 19.4 Å². The summed E-state index contributed by atoms with van der Waals surface area (Å²) in [5, 5.41) is 18.4. The molecule has 6 rings (SSSR count). The number of nitrogens with zero attached hydrogens (tertiary/aromatic N) is 4. The van der Waals surface area contributed by atoms with Crippen LogP contribution in [0.2, 0.25) is 5.02 Å². The number of benzene rings is 3. The number of aromatic nitrogens is 1. The molecule has 1 fully saturated rings. The quantitative estimate of drug-likeness (QED) is 0.156. The minimum Gasteiger partial charge on any atom is -0.378 e. The van der Waals surface area contributed by atoms with E-state index >= 15 is 0 Å². The highest BCUT2D eigenvalue weighted by molar-refractivity contribution is 6.36. The first kappa shape index (κ1) is 26.8. The van der Waals surface area contributed by atoms with Gasteiger partial charge in [-0.25, -0.2) is 4.39 Å². The maximum absolute atomic E-state index is 13.9. The second kappa shape index (κ2) is 10.8. The Labute approximate surface area is 244 Å². The van der Waals surface area contributed by atoms with Crippen molar-refractivity contribution in [2.45, 2.75) is 31.2 Å². The zero-order chi connectivity index (χ0) is 28.6. The summed E-state index contributed by atoms with van der Waals surface area (Å²) in [5.41, 5.74) is 12.7. The first-order chi connectivity index (χ1) is 19.9. The molecule has 1 saturated carbocycles. The van der Waals surface area contributed by atoms with Gasteiger partial charge >= 0.3 is 0 Å². The molecule has 1 aliphatic heterocycles. The molecule has 4 aromatic rings. The zero-order valence-electron chi connectivity index (χ0n) is 22.3. The van der Waals surface area contributed by atoms with Crippen molar-refractivity contribution in [3.63, 3.8) is 0 Å².